The number of fused-ring (bicyclic) bond motifs is 1. The maximum absolute atomic E-state index is 12.3. The lowest BCUT2D eigenvalue weighted by Crippen LogP contribution is -2.28. The number of pyridine rings is 1. The molecule has 1 N–H and O–H groups in total. The van der Waals surface area contributed by atoms with Crippen molar-refractivity contribution in [2.24, 2.45) is 0 Å². The number of carbonyl (C=O) groups excluding carboxylic acids is 1. The van der Waals surface area contributed by atoms with Gasteiger partial charge in [0.15, 0.2) is 0 Å². The molecule has 8 nitrogen and oxygen atoms in total. The van der Waals surface area contributed by atoms with Crippen molar-refractivity contribution in [2.45, 2.75) is 19.4 Å². The van der Waals surface area contributed by atoms with Crippen molar-refractivity contribution < 1.29 is 9.53 Å². The lowest BCUT2D eigenvalue weighted by Gasteiger charge is -2.12. The van der Waals surface area contributed by atoms with Gasteiger partial charge in [0.25, 0.3) is 5.91 Å². The fourth-order valence-corrected chi connectivity index (χ4v) is 2.75. The molecule has 0 atom stereocenters. The zero-order chi connectivity index (χ0) is 16.9. The molecule has 1 aliphatic rings. The quantitative estimate of drug-likeness (QED) is 0.785. The first-order valence-electron chi connectivity index (χ1n) is 8.04. The third kappa shape index (κ3) is 3.53. The van der Waals surface area contributed by atoms with Crippen molar-refractivity contribution in [3.05, 3.63) is 35.5 Å². The van der Waals surface area contributed by atoms with Gasteiger partial charge >= 0.3 is 0 Å². The average Bonchev–Trinajstić information content (AvgIpc) is 3.19. The summed E-state index contributed by atoms with van der Waals surface area (Å²) < 4.78 is 6.99. The normalized spacial score (nSPS) is 13.2. The summed E-state index contributed by atoms with van der Waals surface area (Å²) in [5.74, 6) is 1.57. The van der Waals surface area contributed by atoms with E-state index < -0.39 is 0 Å². The molecule has 0 aromatic carbocycles. The summed E-state index contributed by atoms with van der Waals surface area (Å²) in [6.07, 6.45) is 3.27. The van der Waals surface area contributed by atoms with Crippen LogP contribution in [0.2, 0.25) is 0 Å². The third-order valence-electron chi connectivity index (χ3n) is 4.13. The number of rotatable bonds is 7. The molecule has 128 valence electrons. The van der Waals surface area contributed by atoms with E-state index in [2.05, 4.69) is 25.4 Å². The topological polar surface area (TPSA) is 85.2 Å². The van der Waals surface area contributed by atoms with Gasteiger partial charge in [0.05, 0.1) is 6.61 Å². The Hall–Kier alpha value is -2.48. The molecule has 3 rings (SSSR count). The van der Waals surface area contributed by atoms with Gasteiger partial charge in [0, 0.05) is 40.2 Å². The number of aromatic nitrogens is 4. The van der Waals surface area contributed by atoms with Crippen molar-refractivity contribution in [1.82, 2.24) is 25.1 Å². The Kier molecular flexibility index (Phi) is 5.05. The predicted octanol–water partition coefficient (Wildman–Crippen LogP) is 0.284. The van der Waals surface area contributed by atoms with Crippen LogP contribution in [0.4, 0.5) is 5.82 Å². The fraction of sp³-hybridized carbons (Fsp3) is 0.500. The van der Waals surface area contributed by atoms with Crippen LogP contribution in [-0.2, 0) is 24.1 Å². The van der Waals surface area contributed by atoms with Crippen LogP contribution in [-0.4, -0.2) is 59.5 Å². The maximum Gasteiger partial charge on any atom is 0.269 e. The summed E-state index contributed by atoms with van der Waals surface area (Å²) in [6.45, 7) is 2.74. The van der Waals surface area contributed by atoms with Crippen LogP contribution >= 0.6 is 0 Å². The molecular weight excluding hydrogens is 308 g/mol. The van der Waals surface area contributed by atoms with Crippen LogP contribution in [0, 0.1) is 0 Å². The number of hydrogen-bond donors (Lipinski definition) is 1. The van der Waals surface area contributed by atoms with Gasteiger partial charge < -0.3 is 19.5 Å². The van der Waals surface area contributed by atoms with Gasteiger partial charge in [0.1, 0.15) is 23.7 Å². The van der Waals surface area contributed by atoms with E-state index in [0.29, 0.717) is 31.8 Å². The standard InChI is InChI=1S/C16H22N6O2/c1-21-8-6-12-3-4-13(19-15(12)21)16(23)17-7-5-14-20-18-11-22(14)9-10-24-2/h3-4,11H,5-10H2,1-2H3,(H,17,23). The summed E-state index contributed by atoms with van der Waals surface area (Å²) in [5, 5.41) is 10.9. The Labute approximate surface area is 140 Å². The zero-order valence-corrected chi connectivity index (χ0v) is 14.0. The first kappa shape index (κ1) is 16.4. The number of carbonyl (C=O) groups is 1. The van der Waals surface area contributed by atoms with E-state index in [1.807, 2.05) is 17.7 Å². The molecule has 0 spiro atoms. The Morgan fingerprint density at radius 2 is 2.29 bits per heavy atom. The highest BCUT2D eigenvalue weighted by Gasteiger charge is 2.19. The van der Waals surface area contributed by atoms with Crippen molar-refractivity contribution in [3.8, 4) is 0 Å². The second-order valence-corrected chi connectivity index (χ2v) is 5.79. The van der Waals surface area contributed by atoms with E-state index in [4.69, 9.17) is 4.74 Å². The van der Waals surface area contributed by atoms with E-state index in [9.17, 15) is 4.79 Å². The maximum atomic E-state index is 12.3. The van der Waals surface area contributed by atoms with Gasteiger partial charge in [-0.05, 0) is 18.1 Å². The Balaban J connectivity index is 1.55. The molecule has 8 heteroatoms. The minimum atomic E-state index is -0.166. The molecule has 24 heavy (non-hydrogen) atoms. The number of nitrogens with zero attached hydrogens (tertiary/aromatic N) is 5. The van der Waals surface area contributed by atoms with Gasteiger partial charge in [-0.3, -0.25) is 4.79 Å². The highest BCUT2D eigenvalue weighted by atomic mass is 16.5. The summed E-state index contributed by atoms with van der Waals surface area (Å²) in [4.78, 5) is 18.8. The van der Waals surface area contributed by atoms with Crippen molar-refractivity contribution in [3.63, 3.8) is 0 Å². The lowest BCUT2D eigenvalue weighted by atomic mass is 10.2. The summed E-state index contributed by atoms with van der Waals surface area (Å²) in [7, 11) is 3.65. The molecule has 0 fully saturated rings. The van der Waals surface area contributed by atoms with Crippen molar-refractivity contribution >= 4 is 11.7 Å². The Morgan fingerprint density at radius 3 is 3.12 bits per heavy atom. The van der Waals surface area contributed by atoms with Crippen LogP contribution in [0.5, 0.6) is 0 Å². The van der Waals surface area contributed by atoms with Crippen LogP contribution < -0.4 is 10.2 Å². The van der Waals surface area contributed by atoms with E-state index in [0.717, 1.165) is 24.6 Å². The molecule has 3 heterocycles. The molecule has 2 aromatic rings. The van der Waals surface area contributed by atoms with Crippen LogP contribution in [0.3, 0.4) is 0 Å². The smallest absolute Gasteiger partial charge is 0.269 e. The molecule has 0 saturated heterocycles. The molecule has 1 aliphatic heterocycles. The molecule has 1 amide bonds. The van der Waals surface area contributed by atoms with Crippen LogP contribution in [0.25, 0.3) is 0 Å². The molecular formula is C16H22N6O2. The molecule has 2 aromatic heterocycles. The van der Waals surface area contributed by atoms with Gasteiger partial charge in [-0.25, -0.2) is 4.98 Å². The van der Waals surface area contributed by atoms with E-state index in [1.54, 1.807) is 19.5 Å². The molecule has 0 unspecified atom stereocenters. The summed E-state index contributed by atoms with van der Waals surface area (Å²) >= 11 is 0. The first-order valence-corrected chi connectivity index (χ1v) is 8.04. The number of ether oxygens (including phenoxy) is 1. The summed E-state index contributed by atoms with van der Waals surface area (Å²) in [5.41, 5.74) is 1.64. The minimum absolute atomic E-state index is 0.166. The number of nitrogens with one attached hydrogen (secondary N) is 1. The SMILES string of the molecule is COCCn1cnnc1CCNC(=O)c1ccc2c(n1)N(C)CC2. The summed E-state index contributed by atoms with van der Waals surface area (Å²) in [6, 6.07) is 3.77. The Morgan fingerprint density at radius 1 is 1.42 bits per heavy atom. The van der Waals surface area contributed by atoms with E-state index in [-0.39, 0.29) is 5.91 Å². The lowest BCUT2D eigenvalue weighted by molar-refractivity contribution is 0.0949. The third-order valence-corrected chi connectivity index (χ3v) is 4.13. The predicted molar refractivity (Wildman–Crippen MR) is 89.1 cm³/mol. The van der Waals surface area contributed by atoms with Gasteiger partial charge in [-0.2, -0.15) is 0 Å². The monoisotopic (exact) mass is 330 g/mol. The second kappa shape index (κ2) is 7.39. The highest BCUT2D eigenvalue weighted by molar-refractivity contribution is 5.92. The van der Waals surface area contributed by atoms with Gasteiger partial charge in [0.2, 0.25) is 0 Å². The Bertz CT molecular complexity index is 714. The van der Waals surface area contributed by atoms with Crippen LogP contribution in [0.1, 0.15) is 21.9 Å². The van der Waals surface area contributed by atoms with Crippen LogP contribution in [0.15, 0.2) is 18.5 Å². The molecule has 0 saturated carbocycles. The first-order chi connectivity index (χ1) is 11.7. The average molecular weight is 330 g/mol. The van der Waals surface area contributed by atoms with E-state index >= 15 is 0 Å². The molecule has 0 bridgehead atoms. The number of amides is 1. The number of likely N-dealkylation sites (N-methyl/N-ethyl adjacent to an activating group) is 1. The molecule has 0 aliphatic carbocycles. The van der Waals surface area contributed by atoms with Crippen molar-refractivity contribution in [1.29, 1.82) is 0 Å². The fourth-order valence-electron chi connectivity index (χ4n) is 2.75. The number of hydrogen-bond acceptors (Lipinski definition) is 6. The molecule has 0 radical (unpaired) electrons. The van der Waals surface area contributed by atoms with Gasteiger partial charge in [-0.15, -0.1) is 10.2 Å². The van der Waals surface area contributed by atoms with Gasteiger partial charge in [-0.1, -0.05) is 6.07 Å². The second-order valence-electron chi connectivity index (χ2n) is 5.79. The minimum Gasteiger partial charge on any atom is -0.383 e. The zero-order valence-electron chi connectivity index (χ0n) is 14.0. The van der Waals surface area contributed by atoms with Crippen molar-refractivity contribution in [2.75, 3.05) is 38.8 Å². The van der Waals surface area contributed by atoms with E-state index in [1.165, 1.54) is 5.56 Å². The number of anilines is 1. The number of methoxy groups -OCH3 is 1. The highest BCUT2D eigenvalue weighted by Crippen LogP contribution is 2.24. The largest absolute Gasteiger partial charge is 0.383 e.